The monoisotopic (exact) mass is 360 g/mol. The third-order valence-corrected chi connectivity index (χ3v) is 5.26. The average Bonchev–Trinajstić information content (AvgIpc) is 3.04. The van der Waals surface area contributed by atoms with E-state index in [-0.39, 0.29) is 18.3 Å². The zero-order valence-corrected chi connectivity index (χ0v) is 15.6. The third-order valence-electron chi connectivity index (χ3n) is 5.26. The van der Waals surface area contributed by atoms with Crippen molar-refractivity contribution in [3.63, 3.8) is 0 Å². The predicted octanol–water partition coefficient (Wildman–Crippen LogP) is 2.88. The summed E-state index contributed by atoms with van der Waals surface area (Å²) in [5.41, 5.74) is 3.88. The fourth-order valence-electron chi connectivity index (χ4n) is 4.10. The molecule has 0 aliphatic carbocycles. The lowest BCUT2D eigenvalue weighted by molar-refractivity contribution is 0.0680. The molecule has 1 amide bonds. The predicted molar refractivity (Wildman–Crippen MR) is 101 cm³/mol. The zero-order valence-electron chi connectivity index (χ0n) is 14.7. The minimum Gasteiger partial charge on any atom is -0.331 e. The lowest BCUT2D eigenvalue weighted by Gasteiger charge is -2.28. The highest BCUT2D eigenvalue weighted by molar-refractivity contribution is 5.95. The highest BCUT2D eigenvalue weighted by Gasteiger charge is 2.38. The van der Waals surface area contributed by atoms with Gasteiger partial charge in [0.15, 0.2) is 0 Å². The molecule has 6 heteroatoms. The van der Waals surface area contributed by atoms with Gasteiger partial charge in [-0.05, 0) is 70.0 Å². The Morgan fingerprint density at radius 2 is 1.84 bits per heavy atom. The largest absolute Gasteiger partial charge is 0.331 e. The number of aromatic nitrogens is 2. The lowest BCUT2D eigenvalue weighted by atomic mass is 10.1. The molecule has 2 unspecified atom stereocenters. The van der Waals surface area contributed by atoms with Crippen LogP contribution in [0.4, 0.5) is 0 Å². The van der Waals surface area contributed by atoms with Crippen molar-refractivity contribution in [1.29, 1.82) is 0 Å². The van der Waals surface area contributed by atoms with Gasteiger partial charge in [0, 0.05) is 29.9 Å². The van der Waals surface area contributed by atoms with E-state index in [0.29, 0.717) is 12.1 Å². The molecule has 2 aromatic rings. The van der Waals surface area contributed by atoms with Gasteiger partial charge in [0.1, 0.15) is 0 Å². The standard InChI is InChI=1S/C19H24N4O.ClH/c1-13-11-14(2)23(21-13)17-5-3-15(4-6-17)19(24)22-16-7-8-18(22)12-20-10-9-16;/h3-6,11,16,18,20H,7-10,12H2,1-2H3;1H. The van der Waals surface area contributed by atoms with Crippen LogP contribution in [-0.4, -0.2) is 45.8 Å². The molecule has 2 bridgehead atoms. The summed E-state index contributed by atoms with van der Waals surface area (Å²) in [4.78, 5) is 15.1. The van der Waals surface area contributed by atoms with Crippen LogP contribution in [0.1, 0.15) is 41.0 Å². The molecule has 1 aromatic heterocycles. The van der Waals surface area contributed by atoms with Crippen LogP contribution in [0.15, 0.2) is 30.3 Å². The third kappa shape index (κ3) is 3.31. The summed E-state index contributed by atoms with van der Waals surface area (Å²) >= 11 is 0. The van der Waals surface area contributed by atoms with E-state index >= 15 is 0 Å². The lowest BCUT2D eigenvalue weighted by Crippen LogP contribution is -2.42. The second-order valence-corrected chi connectivity index (χ2v) is 6.98. The van der Waals surface area contributed by atoms with Crippen LogP contribution in [0.3, 0.4) is 0 Å². The summed E-state index contributed by atoms with van der Waals surface area (Å²) in [5.74, 6) is 0.172. The molecular weight excluding hydrogens is 336 g/mol. The molecule has 1 N–H and O–H groups in total. The van der Waals surface area contributed by atoms with Gasteiger partial charge < -0.3 is 10.2 Å². The van der Waals surface area contributed by atoms with Gasteiger partial charge in [-0.25, -0.2) is 4.68 Å². The molecule has 2 aliphatic rings. The highest BCUT2D eigenvalue weighted by atomic mass is 35.5. The summed E-state index contributed by atoms with van der Waals surface area (Å²) in [7, 11) is 0. The van der Waals surface area contributed by atoms with Crippen molar-refractivity contribution in [1.82, 2.24) is 20.0 Å². The molecule has 2 aliphatic heterocycles. The first-order valence-corrected chi connectivity index (χ1v) is 8.80. The van der Waals surface area contributed by atoms with Crippen molar-refractivity contribution < 1.29 is 4.79 Å². The molecule has 3 heterocycles. The number of benzene rings is 1. The summed E-state index contributed by atoms with van der Waals surface area (Å²) in [6.07, 6.45) is 3.32. The first-order valence-electron chi connectivity index (χ1n) is 8.80. The van der Waals surface area contributed by atoms with E-state index in [1.165, 1.54) is 0 Å². The Bertz CT molecular complexity index is 741. The minimum absolute atomic E-state index is 0. The van der Waals surface area contributed by atoms with Crippen molar-refractivity contribution in [2.45, 2.75) is 45.2 Å². The van der Waals surface area contributed by atoms with Gasteiger partial charge in [0.2, 0.25) is 0 Å². The fourth-order valence-corrected chi connectivity index (χ4v) is 4.10. The molecule has 2 saturated heterocycles. The van der Waals surface area contributed by atoms with Crippen LogP contribution in [0.25, 0.3) is 5.69 Å². The van der Waals surface area contributed by atoms with E-state index in [2.05, 4.69) is 21.4 Å². The Morgan fingerprint density at radius 3 is 2.52 bits per heavy atom. The Balaban J connectivity index is 0.00000182. The van der Waals surface area contributed by atoms with Crippen molar-refractivity contribution in [2.24, 2.45) is 0 Å². The van der Waals surface area contributed by atoms with Crippen molar-refractivity contribution in [3.05, 3.63) is 47.3 Å². The highest BCUT2D eigenvalue weighted by Crippen LogP contribution is 2.29. The van der Waals surface area contributed by atoms with Crippen molar-refractivity contribution >= 4 is 18.3 Å². The van der Waals surface area contributed by atoms with Crippen LogP contribution >= 0.6 is 12.4 Å². The fraction of sp³-hybridized carbons (Fsp3) is 0.474. The minimum atomic E-state index is 0. The van der Waals surface area contributed by atoms with E-state index < -0.39 is 0 Å². The van der Waals surface area contributed by atoms with Crippen molar-refractivity contribution in [2.75, 3.05) is 13.1 Å². The molecule has 0 spiro atoms. The number of carbonyl (C=O) groups is 1. The van der Waals surface area contributed by atoms with E-state index in [1.54, 1.807) is 0 Å². The average molecular weight is 361 g/mol. The Hall–Kier alpha value is -1.85. The van der Waals surface area contributed by atoms with Crippen LogP contribution in [-0.2, 0) is 0 Å². The van der Waals surface area contributed by atoms with Gasteiger partial charge in [0.25, 0.3) is 5.91 Å². The quantitative estimate of drug-likeness (QED) is 0.895. The number of carbonyl (C=O) groups excluding carboxylic acids is 1. The zero-order chi connectivity index (χ0) is 16.7. The molecule has 134 valence electrons. The first kappa shape index (κ1) is 18.0. The summed E-state index contributed by atoms with van der Waals surface area (Å²) < 4.78 is 1.92. The maximum absolute atomic E-state index is 13.0. The van der Waals surface area contributed by atoms with Crippen LogP contribution in [0, 0.1) is 13.8 Å². The maximum Gasteiger partial charge on any atom is 0.254 e. The first-order chi connectivity index (χ1) is 11.6. The number of amides is 1. The number of halogens is 1. The second kappa shape index (κ2) is 7.18. The Kier molecular flexibility index (Phi) is 5.16. The number of nitrogens with zero attached hydrogens (tertiary/aromatic N) is 3. The number of fused-ring (bicyclic) bond motifs is 2. The Morgan fingerprint density at radius 1 is 1.12 bits per heavy atom. The molecule has 2 fully saturated rings. The molecule has 1 aromatic carbocycles. The van der Waals surface area contributed by atoms with Crippen LogP contribution in [0.5, 0.6) is 0 Å². The van der Waals surface area contributed by atoms with E-state index in [0.717, 1.165) is 55.0 Å². The van der Waals surface area contributed by atoms with E-state index in [4.69, 9.17) is 0 Å². The molecule has 0 radical (unpaired) electrons. The number of hydrogen-bond donors (Lipinski definition) is 1. The second-order valence-electron chi connectivity index (χ2n) is 6.98. The van der Waals surface area contributed by atoms with E-state index in [1.807, 2.05) is 42.8 Å². The van der Waals surface area contributed by atoms with Crippen molar-refractivity contribution in [3.8, 4) is 5.69 Å². The maximum atomic E-state index is 13.0. The molecular formula is C19H25ClN4O. The smallest absolute Gasteiger partial charge is 0.254 e. The topological polar surface area (TPSA) is 50.2 Å². The van der Waals surface area contributed by atoms with Crippen LogP contribution < -0.4 is 5.32 Å². The van der Waals surface area contributed by atoms with Gasteiger partial charge in [-0.15, -0.1) is 12.4 Å². The molecule has 25 heavy (non-hydrogen) atoms. The number of aryl methyl sites for hydroxylation is 2. The van der Waals surface area contributed by atoms with Gasteiger partial charge in [-0.2, -0.15) is 5.10 Å². The molecule has 2 atom stereocenters. The van der Waals surface area contributed by atoms with Gasteiger partial charge in [0.05, 0.1) is 11.4 Å². The van der Waals surface area contributed by atoms with Crippen LogP contribution in [0.2, 0.25) is 0 Å². The number of nitrogens with one attached hydrogen (secondary N) is 1. The number of hydrogen-bond acceptors (Lipinski definition) is 3. The number of rotatable bonds is 2. The molecule has 0 saturated carbocycles. The summed E-state index contributed by atoms with van der Waals surface area (Å²) in [6, 6.07) is 10.7. The molecule has 4 rings (SSSR count). The van der Waals surface area contributed by atoms with Gasteiger partial charge in [-0.1, -0.05) is 0 Å². The normalized spacial score (nSPS) is 22.4. The Labute approximate surface area is 154 Å². The molecule has 5 nitrogen and oxygen atoms in total. The van der Waals surface area contributed by atoms with Gasteiger partial charge >= 0.3 is 0 Å². The summed E-state index contributed by atoms with van der Waals surface area (Å²) in [5, 5.41) is 7.95. The van der Waals surface area contributed by atoms with E-state index in [9.17, 15) is 4.79 Å². The van der Waals surface area contributed by atoms with Gasteiger partial charge in [-0.3, -0.25) is 4.79 Å². The SMILES string of the molecule is Cc1cc(C)n(-c2ccc(C(=O)N3C4CCNCC3CC4)cc2)n1.Cl. The summed E-state index contributed by atoms with van der Waals surface area (Å²) in [6.45, 7) is 5.97.